The van der Waals surface area contributed by atoms with Crippen molar-refractivity contribution in [3.8, 4) is 0 Å². The van der Waals surface area contributed by atoms with Crippen molar-refractivity contribution >= 4 is 37.3 Å². The van der Waals surface area contributed by atoms with E-state index >= 15 is 0 Å². The highest BCUT2D eigenvalue weighted by molar-refractivity contribution is 9.11. The fourth-order valence-corrected chi connectivity index (χ4v) is 5.26. The topological polar surface area (TPSA) is 63.4 Å². The van der Waals surface area contributed by atoms with E-state index in [2.05, 4.69) is 29.1 Å². The molecule has 1 heterocycles. The lowest BCUT2D eigenvalue weighted by molar-refractivity contribution is 0.474. The van der Waals surface area contributed by atoms with Crippen molar-refractivity contribution in [3.05, 3.63) is 40.0 Å². The van der Waals surface area contributed by atoms with Gasteiger partial charge in [0.15, 0.2) is 0 Å². The normalized spacial score (nSPS) is 11.7. The Balaban J connectivity index is 3.20. The Hall–Kier alpha value is -0.470. The van der Waals surface area contributed by atoms with Crippen molar-refractivity contribution in [1.29, 1.82) is 0 Å². The molecule has 2 N–H and O–H groups in total. The van der Waals surface area contributed by atoms with Crippen molar-refractivity contribution in [1.82, 2.24) is 4.31 Å². The van der Waals surface area contributed by atoms with Crippen LogP contribution in [0.4, 0.5) is 0 Å². The first-order valence-corrected chi connectivity index (χ1v) is 8.22. The predicted octanol–water partition coefficient (Wildman–Crippen LogP) is 2.33. The molecule has 0 aliphatic heterocycles. The molecule has 0 aliphatic rings. The second-order valence-electron chi connectivity index (χ2n) is 3.45. The number of sulfonamides is 1. The molecular weight excluding hydrogens is 336 g/mol. The first-order valence-electron chi connectivity index (χ1n) is 5.17. The van der Waals surface area contributed by atoms with E-state index in [0.29, 0.717) is 10.3 Å². The van der Waals surface area contributed by atoms with E-state index in [0.717, 1.165) is 4.88 Å². The van der Waals surface area contributed by atoms with Gasteiger partial charge in [-0.05, 0) is 22.0 Å². The van der Waals surface area contributed by atoms with Crippen LogP contribution in [0.15, 0.2) is 40.1 Å². The lowest BCUT2D eigenvalue weighted by Crippen LogP contribution is -2.31. The van der Waals surface area contributed by atoms with E-state index in [-0.39, 0.29) is 18.0 Å². The number of nitrogens with two attached hydrogens (primary N) is 1. The molecule has 0 aromatic carbocycles. The van der Waals surface area contributed by atoms with Crippen molar-refractivity contribution in [2.24, 2.45) is 5.73 Å². The molecule has 0 amide bonds. The van der Waals surface area contributed by atoms with Crippen LogP contribution in [-0.4, -0.2) is 25.8 Å². The Bertz CT molecular complexity index is 527. The van der Waals surface area contributed by atoms with Gasteiger partial charge in [0.25, 0.3) is 0 Å². The third kappa shape index (κ3) is 3.30. The largest absolute Gasteiger partial charge is 0.326 e. The fourth-order valence-electron chi connectivity index (χ4n) is 1.37. The highest BCUT2D eigenvalue weighted by atomic mass is 79.9. The summed E-state index contributed by atoms with van der Waals surface area (Å²) < 4.78 is 26.7. The van der Waals surface area contributed by atoms with Crippen LogP contribution >= 0.6 is 27.3 Å². The Labute approximate surface area is 120 Å². The maximum atomic E-state index is 12.4. The summed E-state index contributed by atoms with van der Waals surface area (Å²) in [5.74, 6) is 0. The van der Waals surface area contributed by atoms with Gasteiger partial charge in [0.1, 0.15) is 4.90 Å². The number of rotatable bonds is 7. The molecule has 0 aliphatic carbocycles. The zero-order valence-electron chi connectivity index (χ0n) is 9.80. The monoisotopic (exact) mass is 350 g/mol. The summed E-state index contributed by atoms with van der Waals surface area (Å²) in [5, 5.41) is 0. The molecule has 100 valence electrons. The minimum absolute atomic E-state index is 0.245. The standard InChI is InChI=1S/C11H15BrN2O2S2/c1-3-5-14(6-4-2)18(15,16)10-7-9(8-13)17-11(10)12/h3-4,7H,1-2,5-6,8,13H2. The molecule has 0 bridgehead atoms. The van der Waals surface area contributed by atoms with Crippen LogP contribution < -0.4 is 5.73 Å². The first-order chi connectivity index (χ1) is 8.47. The van der Waals surface area contributed by atoms with Gasteiger partial charge in [-0.25, -0.2) is 8.42 Å². The molecule has 0 spiro atoms. The van der Waals surface area contributed by atoms with Crippen LogP contribution in [-0.2, 0) is 16.6 Å². The molecule has 4 nitrogen and oxygen atoms in total. The van der Waals surface area contributed by atoms with Gasteiger partial charge < -0.3 is 5.73 Å². The number of hydrogen-bond donors (Lipinski definition) is 1. The number of hydrogen-bond acceptors (Lipinski definition) is 4. The quantitative estimate of drug-likeness (QED) is 0.767. The van der Waals surface area contributed by atoms with Crippen LogP contribution in [0, 0.1) is 0 Å². The zero-order valence-corrected chi connectivity index (χ0v) is 13.0. The first kappa shape index (κ1) is 15.6. The summed E-state index contributed by atoms with van der Waals surface area (Å²) in [6.45, 7) is 7.94. The second kappa shape index (κ2) is 6.63. The van der Waals surface area contributed by atoms with Gasteiger partial charge in [-0.15, -0.1) is 24.5 Å². The molecule has 0 saturated heterocycles. The van der Waals surface area contributed by atoms with Crippen molar-refractivity contribution in [2.45, 2.75) is 11.4 Å². The summed E-state index contributed by atoms with van der Waals surface area (Å²) in [6.07, 6.45) is 3.09. The van der Waals surface area contributed by atoms with Gasteiger partial charge in [0.05, 0.1) is 3.79 Å². The lowest BCUT2D eigenvalue weighted by atomic mass is 10.5. The van der Waals surface area contributed by atoms with E-state index in [1.165, 1.54) is 15.6 Å². The molecule has 0 fully saturated rings. The van der Waals surface area contributed by atoms with E-state index in [9.17, 15) is 8.42 Å². The van der Waals surface area contributed by atoms with E-state index < -0.39 is 10.0 Å². The van der Waals surface area contributed by atoms with Gasteiger partial charge >= 0.3 is 0 Å². The maximum Gasteiger partial charge on any atom is 0.245 e. The van der Waals surface area contributed by atoms with Crippen molar-refractivity contribution in [2.75, 3.05) is 13.1 Å². The molecule has 0 radical (unpaired) electrons. The van der Waals surface area contributed by atoms with Gasteiger partial charge in [0.2, 0.25) is 10.0 Å². The SMILES string of the molecule is C=CCN(CC=C)S(=O)(=O)c1cc(CN)sc1Br. The Morgan fingerprint density at radius 2 is 1.94 bits per heavy atom. The molecule has 0 saturated carbocycles. The molecule has 18 heavy (non-hydrogen) atoms. The molecule has 1 aromatic heterocycles. The van der Waals surface area contributed by atoms with Crippen LogP contribution in [0.2, 0.25) is 0 Å². The molecule has 7 heteroatoms. The average Bonchev–Trinajstić information content (AvgIpc) is 2.71. The van der Waals surface area contributed by atoms with E-state index in [4.69, 9.17) is 5.73 Å². The maximum absolute atomic E-state index is 12.4. The van der Waals surface area contributed by atoms with Gasteiger partial charge in [-0.2, -0.15) is 4.31 Å². The molecule has 1 rings (SSSR count). The Morgan fingerprint density at radius 1 is 1.39 bits per heavy atom. The summed E-state index contributed by atoms with van der Waals surface area (Å²) in [7, 11) is -3.55. The molecular formula is C11H15BrN2O2S2. The number of halogens is 1. The average molecular weight is 351 g/mol. The van der Waals surface area contributed by atoms with Crippen LogP contribution in [0.3, 0.4) is 0 Å². The predicted molar refractivity (Wildman–Crippen MR) is 79.1 cm³/mol. The number of thiophene rings is 1. The summed E-state index contributed by atoms with van der Waals surface area (Å²) in [5.41, 5.74) is 5.52. The van der Waals surface area contributed by atoms with Crippen molar-refractivity contribution in [3.63, 3.8) is 0 Å². The Kier molecular flexibility index (Phi) is 5.74. The van der Waals surface area contributed by atoms with Crippen LogP contribution in [0.25, 0.3) is 0 Å². The molecule has 1 aromatic rings. The summed E-state index contributed by atoms with van der Waals surface area (Å²) in [6, 6.07) is 1.60. The molecule has 0 unspecified atom stereocenters. The fraction of sp³-hybridized carbons (Fsp3) is 0.273. The summed E-state index contributed by atoms with van der Waals surface area (Å²) >= 11 is 4.60. The Morgan fingerprint density at radius 3 is 2.33 bits per heavy atom. The third-order valence-corrected chi connectivity index (χ3v) is 6.30. The minimum Gasteiger partial charge on any atom is -0.326 e. The highest BCUT2D eigenvalue weighted by Gasteiger charge is 2.26. The van der Waals surface area contributed by atoms with Crippen LogP contribution in [0.1, 0.15) is 4.88 Å². The van der Waals surface area contributed by atoms with Crippen molar-refractivity contribution < 1.29 is 8.42 Å². The minimum atomic E-state index is -3.55. The second-order valence-corrected chi connectivity index (χ2v) is 7.82. The number of nitrogens with zero attached hydrogens (tertiary/aromatic N) is 1. The highest BCUT2D eigenvalue weighted by Crippen LogP contribution is 2.33. The zero-order chi connectivity index (χ0) is 13.8. The van der Waals surface area contributed by atoms with E-state index in [1.54, 1.807) is 18.2 Å². The van der Waals surface area contributed by atoms with Gasteiger partial charge in [-0.3, -0.25) is 0 Å². The summed E-state index contributed by atoms with van der Waals surface area (Å²) in [4.78, 5) is 1.06. The smallest absolute Gasteiger partial charge is 0.245 e. The van der Waals surface area contributed by atoms with E-state index in [1.807, 2.05) is 0 Å². The molecule has 0 atom stereocenters. The van der Waals surface area contributed by atoms with Gasteiger partial charge in [-0.1, -0.05) is 12.2 Å². The third-order valence-electron chi connectivity index (χ3n) is 2.19. The van der Waals surface area contributed by atoms with Crippen LogP contribution in [0.5, 0.6) is 0 Å². The van der Waals surface area contributed by atoms with Gasteiger partial charge in [0, 0.05) is 24.5 Å². The lowest BCUT2D eigenvalue weighted by Gasteiger charge is -2.18.